The summed E-state index contributed by atoms with van der Waals surface area (Å²) in [6.45, 7) is 7.20. The fourth-order valence-electron chi connectivity index (χ4n) is 7.80. The molecule has 3 fully saturated rings. The molecular weight excluding hydrogens is 540 g/mol. The van der Waals surface area contributed by atoms with Gasteiger partial charge >= 0.3 is 0 Å². The van der Waals surface area contributed by atoms with Crippen molar-refractivity contribution < 1.29 is 14.2 Å². The van der Waals surface area contributed by atoms with E-state index >= 15 is 0 Å². The molecule has 0 aromatic heterocycles. The highest BCUT2D eigenvalue weighted by molar-refractivity contribution is 5.27. The third kappa shape index (κ3) is 14.4. The van der Waals surface area contributed by atoms with Gasteiger partial charge in [-0.25, -0.2) is 0 Å². The molecule has 0 unspecified atom stereocenters. The van der Waals surface area contributed by atoms with Gasteiger partial charge in [-0.2, -0.15) is 0 Å². The summed E-state index contributed by atoms with van der Waals surface area (Å²) in [5, 5.41) is 0. The molecule has 44 heavy (non-hydrogen) atoms. The molecule has 0 atom stereocenters. The van der Waals surface area contributed by atoms with E-state index in [1.807, 2.05) is 0 Å². The van der Waals surface area contributed by atoms with Crippen LogP contribution in [0.1, 0.15) is 154 Å². The number of hydrogen-bond acceptors (Lipinski definition) is 3. The van der Waals surface area contributed by atoms with Crippen LogP contribution in [-0.4, -0.2) is 32.0 Å². The molecule has 0 aliphatic heterocycles. The highest BCUT2D eigenvalue weighted by Gasteiger charge is 2.22. The lowest BCUT2D eigenvalue weighted by atomic mass is 9.78. The van der Waals surface area contributed by atoms with Crippen molar-refractivity contribution in [2.75, 3.05) is 19.8 Å². The summed E-state index contributed by atoms with van der Waals surface area (Å²) in [6.07, 6.45) is 35.2. The van der Waals surface area contributed by atoms with Crippen LogP contribution in [0.15, 0.2) is 36.4 Å². The molecule has 3 aliphatic carbocycles. The number of aryl methyl sites for hydroxylation is 1. The molecule has 3 nitrogen and oxygen atoms in total. The molecule has 0 radical (unpaired) electrons. The minimum absolute atomic E-state index is 0.484. The molecule has 3 heteroatoms. The van der Waals surface area contributed by atoms with E-state index in [1.165, 1.54) is 140 Å². The smallest absolute Gasteiger partial charge is 0.119 e. The zero-order valence-electron chi connectivity index (χ0n) is 28.8. The standard InChI is InChI=1S/C41H68O3/c1-3-4-5-6-9-31-42-40-29-23-38(24-30-40)20-19-37-17-15-35(16-18-37)11-7-8-12-36-21-27-41(28-22-36)44-33-10-32-43-39-25-13-34(2)14-26-39/h19-22,27-28,34-35,37-40H,3-18,23-26,29-33H2,1-2H3. The van der Waals surface area contributed by atoms with E-state index in [9.17, 15) is 0 Å². The second-order valence-electron chi connectivity index (χ2n) is 14.8. The van der Waals surface area contributed by atoms with E-state index in [0.29, 0.717) is 12.2 Å². The van der Waals surface area contributed by atoms with Crippen LogP contribution in [0.5, 0.6) is 5.75 Å². The first kappa shape index (κ1) is 35.5. The average Bonchev–Trinajstić information content (AvgIpc) is 3.06. The Bertz CT molecular complexity index is 854. The van der Waals surface area contributed by atoms with Crippen LogP contribution in [0.2, 0.25) is 0 Å². The van der Waals surface area contributed by atoms with Gasteiger partial charge in [0.15, 0.2) is 0 Å². The monoisotopic (exact) mass is 609 g/mol. The van der Waals surface area contributed by atoms with Gasteiger partial charge in [0.05, 0.1) is 25.4 Å². The van der Waals surface area contributed by atoms with Gasteiger partial charge in [0.1, 0.15) is 5.75 Å². The predicted octanol–water partition coefficient (Wildman–Crippen LogP) is 11.7. The Hall–Kier alpha value is -1.32. The fourth-order valence-corrected chi connectivity index (χ4v) is 7.80. The molecule has 0 saturated heterocycles. The predicted molar refractivity (Wildman–Crippen MR) is 187 cm³/mol. The summed E-state index contributed by atoms with van der Waals surface area (Å²) < 4.78 is 18.2. The quantitative estimate of drug-likeness (QED) is 0.109. The van der Waals surface area contributed by atoms with Crippen molar-refractivity contribution in [1.82, 2.24) is 0 Å². The van der Waals surface area contributed by atoms with Gasteiger partial charge in [0, 0.05) is 13.0 Å². The largest absolute Gasteiger partial charge is 0.494 e. The van der Waals surface area contributed by atoms with E-state index < -0.39 is 0 Å². The van der Waals surface area contributed by atoms with Crippen molar-refractivity contribution in [3.8, 4) is 5.75 Å². The minimum atomic E-state index is 0.484. The van der Waals surface area contributed by atoms with E-state index in [-0.39, 0.29) is 0 Å². The maximum absolute atomic E-state index is 6.19. The molecule has 250 valence electrons. The van der Waals surface area contributed by atoms with Gasteiger partial charge in [-0.05, 0) is 138 Å². The lowest BCUT2D eigenvalue weighted by Crippen LogP contribution is -2.21. The van der Waals surface area contributed by atoms with Crippen molar-refractivity contribution in [2.24, 2.45) is 23.7 Å². The van der Waals surface area contributed by atoms with Crippen LogP contribution in [0, 0.1) is 23.7 Å². The average molecular weight is 609 g/mol. The second kappa shape index (κ2) is 21.5. The van der Waals surface area contributed by atoms with Crippen molar-refractivity contribution in [2.45, 2.75) is 167 Å². The summed E-state index contributed by atoms with van der Waals surface area (Å²) in [7, 11) is 0. The van der Waals surface area contributed by atoms with Crippen molar-refractivity contribution in [3.63, 3.8) is 0 Å². The first-order valence-corrected chi connectivity index (χ1v) is 19.3. The maximum Gasteiger partial charge on any atom is 0.119 e. The van der Waals surface area contributed by atoms with Gasteiger partial charge in [-0.3, -0.25) is 0 Å². The Morgan fingerprint density at radius 1 is 0.591 bits per heavy atom. The van der Waals surface area contributed by atoms with Crippen molar-refractivity contribution >= 4 is 0 Å². The molecule has 0 N–H and O–H groups in total. The SMILES string of the molecule is CCCCCCCOC1CCC(C=CC2CCC(CCCCc3ccc(OCCCOC4CCC(C)CC4)cc3)CC2)CC1. The third-order valence-corrected chi connectivity index (χ3v) is 11.0. The number of rotatable bonds is 20. The Kier molecular flexibility index (Phi) is 17.3. The zero-order chi connectivity index (χ0) is 30.7. The molecular formula is C41H68O3. The van der Waals surface area contributed by atoms with E-state index in [1.54, 1.807) is 0 Å². The summed E-state index contributed by atoms with van der Waals surface area (Å²) >= 11 is 0. The van der Waals surface area contributed by atoms with E-state index in [2.05, 4.69) is 50.3 Å². The molecule has 1 aromatic carbocycles. The van der Waals surface area contributed by atoms with Crippen LogP contribution in [0.4, 0.5) is 0 Å². The number of unbranched alkanes of at least 4 members (excludes halogenated alkanes) is 5. The summed E-state index contributed by atoms with van der Waals surface area (Å²) in [5.74, 6) is 4.46. The molecule has 0 amide bonds. The Balaban J connectivity index is 0.966. The normalized spacial score (nSPS) is 28.0. The van der Waals surface area contributed by atoms with Crippen LogP contribution >= 0.6 is 0 Å². The lowest BCUT2D eigenvalue weighted by Gasteiger charge is -2.29. The third-order valence-electron chi connectivity index (χ3n) is 11.0. The van der Waals surface area contributed by atoms with E-state index in [0.717, 1.165) is 55.7 Å². The van der Waals surface area contributed by atoms with Gasteiger partial charge in [-0.1, -0.05) is 76.7 Å². The van der Waals surface area contributed by atoms with Crippen LogP contribution in [0.3, 0.4) is 0 Å². The van der Waals surface area contributed by atoms with Gasteiger partial charge in [0.25, 0.3) is 0 Å². The summed E-state index contributed by atoms with van der Waals surface area (Å²) in [6, 6.07) is 8.84. The highest BCUT2D eigenvalue weighted by Crippen LogP contribution is 2.34. The molecule has 3 saturated carbocycles. The fraction of sp³-hybridized carbons (Fsp3) is 0.805. The lowest BCUT2D eigenvalue weighted by molar-refractivity contribution is 0.0146. The molecule has 0 heterocycles. The number of hydrogen-bond donors (Lipinski definition) is 0. The molecule has 4 rings (SSSR count). The topological polar surface area (TPSA) is 27.7 Å². The van der Waals surface area contributed by atoms with E-state index in [4.69, 9.17) is 14.2 Å². The highest BCUT2D eigenvalue weighted by atomic mass is 16.5. The Morgan fingerprint density at radius 2 is 1.18 bits per heavy atom. The molecule has 1 aromatic rings. The summed E-state index contributed by atoms with van der Waals surface area (Å²) in [5.41, 5.74) is 1.45. The first-order valence-electron chi connectivity index (χ1n) is 19.3. The Morgan fingerprint density at radius 3 is 1.84 bits per heavy atom. The van der Waals surface area contributed by atoms with Crippen LogP contribution in [-0.2, 0) is 15.9 Å². The van der Waals surface area contributed by atoms with Gasteiger partial charge in [0.2, 0.25) is 0 Å². The molecule has 3 aliphatic rings. The summed E-state index contributed by atoms with van der Waals surface area (Å²) in [4.78, 5) is 0. The van der Waals surface area contributed by atoms with Crippen LogP contribution < -0.4 is 4.74 Å². The first-order chi connectivity index (χ1) is 21.7. The number of benzene rings is 1. The van der Waals surface area contributed by atoms with Crippen molar-refractivity contribution in [1.29, 1.82) is 0 Å². The molecule has 0 bridgehead atoms. The van der Waals surface area contributed by atoms with Gasteiger partial charge in [-0.15, -0.1) is 0 Å². The number of ether oxygens (including phenoxy) is 3. The van der Waals surface area contributed by atoms with Crippen molar-refractivity contribution in [3.05, 3.63) is 42.0 Å². The molecule has 0 spiro atoms. The second-order valence-corrected chi connectivity index (χ2v) is 14.8. The number of allylic oxidation sites excluding steroid dienone is 2. The Labute approximate surface area is 272 Å². The maximum atomic E-state index is 6.19. The zero-order valence-corrected chi connectivity index (χ0v) is 28.8. The minimum Gasteiger partial charge on any atom is -0.494 e. The van der Waals surface area contributed by atoms with Gasteiger partial charge < -0.3 is 14.2 Å². The van der Waals surface area contributed by atoms with Crippen LogP contribution in [0.25, 0.3) is 0 Å².